The molecule has 166 valence electrons. The van der Waals surface area contributed by atoms with Crippen LogP contribution < -0.4 is 10.1 Å². The van der Waals surface area contributed by atoms with E-state index in [1.807, 2.05) is 0 Å². The Morgan fingerprint density at radius 1 is 1.10 bits per heavy atom. The molecule has 2 aliphatic rings. The third-order valence-electron chi connectivity index (χ3n) is 5.16. The number of fused-ring (bicyclic) bond motifs is 2. The lowest BCUT2D eigenvalue weighted by Gasteiger charge is -2.20. The zero-order valence-corrected chi connectivity index (χ0v) is 19.0. The van der Waals surface area contributed by atoms with Crippen molar-refractivity contribution in [1.82, 2.24) is 10.2 Å². The van der Waals surface area contributed by atoms with Crippen molar-refractivity contribution in [2.75, 3.05) is 5.32 Å². The lowest BCUT2D eigenvalue weighted by atomic mass is 9.94. The van der Waals surface area contributed by atoms with Crippen LogP contribution in [-0.4, -0.2) is 27.8 Å². The van der Waals surface area contributed by atoms with Gasteiger partial charge >= 0.3 is 6.09 Å². The Labute approximate surface area is 192 Å². The molecule has 1 heterocycles. The van der Waals surface area contributed by atoms with E-state index in [1.54, 1.807) is 20.8 Å². The highest BCUT2D eigenvalue weighted by Crippen LogP contribution is 2.62. The van der Waals surface area contributed by atoms with Crippen LogP contribution in [0.3, 0.4) is 0 Å². The van der Waals surface area contributed by atoms with Gasteiger partial charge in [-0.2, -0.15) is 0 Å². The maximum absolute atomic E-state index is 13.9. The standard InChI is InChI=1S/C20H18Cl3F2N3O3/c1-19(2,3)31-18(29)26-8-4-13(21)15(14(22)5-8)30-17-10-7-12-11(20(12,24)25)6-9(10)16(23)27-28-17/h4-5,11-12H,6-7H2,1-3H3,(H,26,29). The molecule has 6 nitrogen and oxygen atoms in total. The van der Waals surface area contributed by atoms with E-state index in [-0.39, 0.29) is 39.7 Å². The fourth-order valence-electron chi connectivity index (χ4n) is 3.67. The first-order chi connectivity index (χ1) is 14.4. The molecule has 0 bridgehead atoms. The summed E-state index contributed by atoms with van der Waals surface area (Å²) in [5.41, 5.74) is 0.591. The molecule has 1 aromatic heterocycles. The van der Waals surface area contributed by atoms with Crippen LogP contribution in [0.2, 0.25) is 15.2 Å². The van der Waals surface area contributed by atoms with Crippen molar-refractivity contribution in [2.24, 2.45) is 11.8 Å². The number of nitrogens with one attached hydrogen (secondary N) is 1. The fraction of sp³-hybridized carbons (Fsp3) is 0.450. The number of halogens is 5. The molecule has 0 saturated heterocycles. The van der Waals surface area contributed by atoms with Gasteiger partial charge in [0, 0.05) is 28.7 Å². The van der Waals surface area contributed by atoms with E-state index in [2.05, 4.69) is 15.5 Å². The molecular weight excluding hydrogens is 475 g/mol. The van der Waals surface area contributed by atoms with Crippen LogP contribution in [0.1, 0.15) is 31.9 Å². The third-order valence-corrected chi connectivity index (χ3v) is 6.02. The second-order valence-corrected chi connectivity index (χ2v) is 9.72. The van der Waals surface area contributed by atoms with Gasteiger partial charge in [0.15, 0.2) is 10.9 Å². The Morgan fingerprint density at radius 3 is 2.26 bits per heavy atom. The number of aromatic nitrogens is 2. The molecule has 31 heavy (non-hydrogen) atoms. The Kier molecular flexibility index (Phi) is 5.47. The van der Waals surface area contributed by atoms with Crippen molar-refractivity contribution in [1.29, 1.82) is 0 Å². The third kappa shape index (κ3) is 4.38. The van der Waals surface area contributed by atoms with Crippen molar-refractivity contribution < 1.29 is 23.0 Å². The molecule has 2 aliphatic carbocycles. The van der Waals surface area contributed by atoms with Gasteiger partial charge in [0.25, 0.3) is 5.92 Å². The summed E-state index contributed by atoms with van der Waals surface area (Å²) < 4.78 is 38.8. The van der Waals surface area contributed by atoms with Crippen molar-refractivity contribution >= 4 is 46.6 Å². The minimum Gasteiger partial charge on any atom is -0.444 e. The minimum atomic E-state index is -2.73. The number of carbonyl (C=O) groups is 1. The summed E-state index contributed by atoms with van der Waals surface area (Å²) in [6.45, 7) is 5.20. The molecular formula is C20H18Cl3F2N3O3. The number of nitrogens with zero attached hydrogens (tertiary/aromatic N) is 2. The van der Waals surface area contributed by atoms with E-state index in [4.69, 9.17) is 44.3 Å². The smallest absolute Gasteiger partial charge is 0.412 e. The molecule has 0 radical (unpaired) electrons. The number of benzene rings is 1. The summed E-state index contributed by atoms with van der Waals surface area (Å²) in [7, 11) is 0. The Morgan fingerprint density at radius 2 is 1.68 bits per heavy atom. The van der Waals surface area contributed by atoms with Gasteiger partial charge in [-0.1, -0.05) is 34.8 Å². The zero-order valence-electron chi connectivity index (χ0n) is 16.7. The van der Waals surface area contributed by atoms with Crippen LogP contribution >= 0.6 is 34.8 Å². The highest BCUT2D eigenvalue weighted by atomic mass is 35.5. The zero-order chi connectivity index (χ0) is 22.7. The Balaban J connectivity index is 1.58. The van der Waals surface area contributed by atoms with Gasteiger partial charge in [0.2, 0.25) is 5.88 Å². The lowest BCUT2D eigenvalue weighted by Crippen LogP contribution is -2.27. The highest BCUT2D eigenvalue weighted by molar-refractivity contribution is 6.37. The van der Waals surface area contributed by atoms with Crippen molar-refractivity contribution in [2.45, 2.75) is 45.1 Å². The lowest BCUT2D eigenvalue weighted by molar-refractivity contribution is 0.0635. The molecule has 2 unspecified atom stereocenters. The van der Waals surface area contributed by atoms with E-state index in [0.29, 0.717) is 16.8 Å². The quantitative estimate of drug-likeness (QED) is 0.525. The van der Waals surface area contributed by atoms with Gasteiger partial charge in [-0.05, 0) is 45.7 Å². The fourth-order valence-corrected chi connectivity index (χ4v) is 4.46. The normalized spacial score (nSPS) is 21.0. The first-order valence-corrected chi connectivity index (χ1v) is 10.6. The SMILES string of the molecule is CC(C)(C)OC(=O)Nc1cc(Cl)c(Oc2nnc(Cl)c3c2CC2C(C3)C2(F)F)c(Cl)c1. The molecule has 4 rings (SSSR count). The summed E-state index contributed by atoms with van der Waals surface area (Å²) in [6, 6.07) is 2.85. The molecule has 2 atom stereocenters. The van der Waals surface area contributed by atoms with Crippen LogP contribution in [0, 0.1) is 11.8 Å². The number of alkyl halides is 2. The highest BCUT2D eigenvalue weighted by Gasteiger charge is 2.69. The van der Waals surface area contributed by atoms with E-state index in [0.717, 1.165) is 0 Å². The summed E-state index contributed by atoms with van der Waals surface area (Å²) in [4.78, 5) is 12.0. The number of hydrogen-bond donors (Lipinski definition) is 1. The second kappa shape index (κ2) is 7.60. The molecule has 11 heteroatoms. The molecule has 1 amide bonds. The number of amides is 1. The Hall–Kier alpha value is -1.90. The summed E-state index contributed by atoms with van der Waals surface area (Å²) in [5.74, 6) is -4.16. The predicted octanol–water partition coefficient (Wildman–Crippen LogP) is 6.56. The van der Waals surface area contributed by atoms with Gasteiger partial charge < -0.3 is 9.47 Å². The predicted molar refractivity (Wildman–Crippen MR) is 113 cm³/mol. The summed E-state index contributed by atoms with van der Waals surface area (Å²) in [6.07, 6.45) is -0.492. The summed E-state index contributed by atoms with van der Waals surface area (Å²) in [5, 5.41) is 10.5. The van der Waals surface area contributed by atoms with E-state index in [1.165, 1.54) is 12.1 Å². The van der Waals surface area contributed by atoms with Gasteiger partial charge in [0.1, 0.15) is 5.60 Å². The number of rotatable bonds is 3. The monoisotopic (exact) mass is 491 g/mol. The van der Waals surface area contributed by atoms with Gasteiger partial charge in [-0.25, -0.2) is 13.6 Å². The molecule has 0 aliphatic heterocycles. The molecule has 0 spiro atoms. The average molecular weight is 493 g/mol. The van der Waals surface area contributed by atoms with Crippen molar-refractivity contribution in [3.63, 3.8) is 0 Å². The van der Waals surface area contributed by atoms with E-state index < -0.39 is 29.5 Å². The van der Waals surface area contributed by atoms with Crippen LogP contribution in [0.5, 0.6) is 11.6 Å². The molecule has 2 aromatic rings. The summed E-state index contributed by atoms with van der Waals surface area (Å²) >= 11 is 18.7. The van der Waals surface area contributed by atoms with Crippen molar-refractivity contribution in [3.8, 4) is 11.6 Å². The molecule has 1 N–H and O–H groups in total. The molecule has 1 saturated carbocycles. The van der Waals surface area contributed by atoms with Crippen LogP contribution in [0.4, 0.5) is 19.3 Å². The van der Waals surface area contributed by atoms with Gasteiger partial charge in [-0.3, -0.25) is 5.32 Å². The van der Waals surface area contributed by atoms with E-state index >= 15 is 0 Å². The molecule has 1 aromatic carbocycles. The Bertz CT molecular complexity index is 1050. The number of carbonyl (C=O) groups excluding carboxylic acids is 1. The van der Waals surface area contributed by atoms with Gasteiger partial charge in [-0.15, -0.1) is 10.2 Å². The largest absolute Gasteiger partial charge is 0.444 e. The topological polar surface area (TPSA) is 73.3 Å². The van der Waals surface area contributed by atoms with Gasteiger partial charge in [0.05, 0.1) is 10.0 Å². The van der Waals surface area contributed by atoms with E-state index in [9.17, 15) is 13.6 Å². The van der Waals surface area contributed by atoms with Crippen LogP contribution in [0.15, 0.2) is 12.1 Å². The maximum atomic E-state index is 13.9. The first kappa shape index (κ1) is 22.3. The van der Waals surface area contributed by atoms with Crippen molar-refractivity contribution in [3.05, 3.63) is 38.5 Å². The number of anilines is 1. The first-order valence-electron chi connectivity index (χ1n) is 9.45. The number of ether oxygens (including phenoxy) is 2. The maximum Gasteiger partial charge on any atom is 0.412 e. The minimum absolute atomic E-state index is 0.0252. The second-order valence-electron chi connectivity index (χ2n) is 8.55. The van der Waals surface area contributed by atoms with Crippen LogP contribution in [-0.2, 0) is 17.6 Å². The van der Waals surface area contributed by atoms with Crippen LogP contribution in [0.25, 0.3) is 0 Å². The number of hydrogen-bond acceptors (Lipinski definition) is 5. The molecule has 1 fully saturated rings. The average Bonchev–Trinajstić information content (AvgIpc) is 3.17.